The molecule has 4 N–H and O–H groups in total. The number of nitro groups is 1. The van der Waals surface area contributed by atoms with Crippen molar-refractivity contribution in [1.82, 2.24) is 0 Å². The Morgan fingerprint density at radius 1 is 0.929 bits per heavy atom. The van der Waals surface area contributed by atoms with Crippen LogP contribution in [0.5, 0.6) is 5.75 Å². The van der Waals surface area contributed by atoms with Gasteiger partial charge in [0.25, 0.3) is 11.6 Å². The Morgan fingerprint density at radius 2 is 1.71 bits per heavy atom. The van der Waals surface area contributed by atoms with Crippen molar-refractivity contribution in [3.8, 4) is 16.9 Å². The highest BCUT2D eigenvalue weighted by atomic mass is 16.6. The maximum Gasteiger partial charge on any atom is 0.273 e. The van der Waals surface area contributed by atoms with Crippen LogP contribution >= 0.6 is 0 Å². The Kier molecular flexibility index (Phi) is 4.08. The van der Waals surface area contributed by atoms with Crippen molar-refractivity contribution in [2.24, 2.45) is 0 Å². The Balaban J connectivity index is 1.82. The third kappa shape index (κ3) is 2.96. The van der Waals surface area contributed by atoms with E-state index in [1.165, 1.54) is 19.2 Å². The van der Waals surface area contributed by atoms with Crippen LogP contribution in [-0.2, 0) is 0 Å². The molecule has 0 radical (unpaired) electrons. The summed E-state index contributed by atoms with van der Waals surface area (Å²) in [6.45, 7) is 0. The highest BCUT2D eigenvalue weighted by Gasteiger charge is 2.21. The molecular formula is C20H16N4O4. The molecule has 3 aromatic carbocycles. The first kappa shape index (κ1) is 17.3. The van der Waals surface area contributed by atoms with E-state index >= 15 is 0 Å². The average Bonchev–Trinajstić information content (AvgIpc) is 2.82. The lowest BCUT2D eigenvalue weighted by atomic mass is 10.0. The van der Waals surface area contributed by atoms with Crippen LogP contribution in [0.4, 0.5) is 28.4 Å². The van der Waals surface area contributed by atoms with Gasteiger partial charge in [0, 0.05) is 17.3 Å². The Labute approximate surface area is 160 Å². The van der Waals surface area contributed by atoms with Crippen LogP contribution in [0.15, 0.2) is 54.6 Å². The minimum atomic E-state index is -0.476. The number of hydrogen-bond acceptors (Lipinski definition) is 6. The topological polar surface area (TPSA) is 120 Å². The lowest BCUT2D eigenvalue weighted by Gasteiger charge is -2.13. The molecule has 0 unspecified atom stereocenters. The minimum Gasteiger partial charge on any atom is -0.496 e. The molecule has 1 heterocycles. The summed E-state index contributed by atoms with van der Waals surface area (Å²) in [5, 5.41) is 17.1. The highest BCUT2D eigenvalue weighted by Crippen LogP contribution is 2.38. The molecular weight excluding hydrogens is 360 g/mol. The maximum absolute atomic E-state index is 12.6. The summed E-state index contributed by atoms with van der Waals surface area (Å²) >= 11 is 0. The number of ether oxygens (including phenoxy) is 1. The Hall–Kier alpha value is -4.07. The van der Waals surface area contributed by atoms with Crippen LogP contribution in [0.25, 0.3) is 11.1 Å². The number of nitrogens with one attached hydrogen (secondary N) is 2. The second-order valence-corrected chi connectivity index (χ2v) is 6.29. The van der Waals surface area contributed by atoms with Crippen molar-refractivity contribution >= 4 is 34.3 Å². The molecule has 8 nitrogen and oxygen atoms in total. The largest absolute Gasteiger partial charge is 0.496 e. The molecule has 0 saturated carbocycles. The predicted molar refractivity (Wildman–Crippen MR) is 107 cm³/mol. The Bertz CT molecular complexity index is 1130. The zero-order chi connectivity index (χ0) is 19.8. The van der Waals surface area contributed by atoms with Gasteiger partial charge < -0.3 is 21.1 Å². The zero-order valence-electron chi connectivity index (χ0n) is 14.9. The third-order valence-electron chi connectivity index (χ3n) is 4.53. The van der Waals surface area contributed by atoms with Gasteiger partial charge in [-0.15, -0.1) is 0 Å². The van der Waals surface area contributed by atoms with Crippen molar-refractivity contribution in [2.45, 2.75) is 0 Å². The summed E-state index contributed by atoms with van der Waals surface area (Å²) in [4.78, 5) is 23.1. The molecule has 0 aliphatic carbocycles. The summed E-state index contributed by atoms with van der Waals surface area (Å²) in [6, 6.07) is 14.9. The summed E-state index contributed by atoms with van der Waals surface area (Å²) in [6.07, 6.45) is 0. The zero-order valence-corrected chi connectivity index (χ0v) is 14.9. The van der Waals surface area contributed by atoms with Crippen molar-refractivity contribution in [1.29, 1.82) is 0 Å². The quantitative estimate of drug-likeness (QED) is 0.359. The predicted octanol–water partition coefficient (Wildman–Crippen LogP) is 4.16. The van der Waals surface area contributed by atoms with Crippen LogP contribution in [0, 0.1) is 10.1 Å². The number of carbonyl (C=O) groups excluding carboxylic acids is 1. The summed E-state index contributed by atoms with van der Waals surface area (Å²) in [5.41, 5.74) is 10.2. The lowest BCUT2D eigenvalue weighted by Crippen LogP contribution is -2.10. The molecule has 0 aromatic heterocycles. The van der Waals surface area contributed by atoms with Gasteiger partial charge in [0.1, 0.15) is 5.75 Å². The monoisotopic (exact) mass is 376 g/mol. The number of hydrogen-bond donors (Lipinski definition) is 3. The number of nitrogens with zero attached hydrogens (tertiary/aromatic N) is 1. The molecule has 0 fully saturated rings. The van der Waals surface area contributed by atoms with Crippen LogP contribution in [0.3, 0.4) is 0 Å². The van der Waals surface area contributed by atoms with E-state index in [0.717, 1.165) is 5.56 Å². The minimum absolute atomic E-state index is 0.0581. The molecule has 8 heteroatoms. The second kappa shape index (κ2) is 6.58. The number of fused-ring (bicyclic) bond motifs is 2. The first-order valence-electron chi connectivity index (χ1n) is 8.41. The molecule has 0 spiro atoms. The van der Waals surface area contributed by atoms with E-state index in [-0.39, 0.29) is 11.6 Å². The van der Waals surface area contributed by atoms with Crippen molar-refractivity contribution in [3.63, 3.8) is 0 Å². The summed E-state index contributed by atoms with van der Waals surface area (Å²) < 4.78 is 5.33. The van der Waals surface area contributed by atoms with Crippen LogP contribution < -0.4 is 21.1 Å². The molecule has 1 amide bonds. The number of benzene rings is 3. The fourth-order valence-corrected chi connectivity index (χ4v) is 3.15. The van der Waals surface area contributed by atoms with E-state index in [1.807, 2.05) is 0 Å². The van der Waals surface area contributed by atoms with Crippen LogP contribution in [0.2, 0.25) is 0 Å². The third-order valence-corrected chi connectivity index (χ3v) is 4.53. The number of anilines is 4. The smallest absolute Gasteiger partial charge is 0.273 e. The lowest BCUT2D eigenvalue weighted by molar-refractivity contribution is -0.384. The molecule has 140 valence electrons. The van der Waals surface area contributed by atoms with E-state index in [9.17, 15) is 14.9 Å². The molecule has 0 bridgehead atoms. The number of non-ortho nitro benzene ring substituents is 1. The number of nitrogens with two attached hydrogens (primary N) is 1. The normalized spacial score (nSPS) is 12.1. The molecule has 1 aliphatic rings. The van der Waals surface area contributed by atoms with Gasteiger partial charge in [-0.05, 0) is 42.0 Å². The molecule has 4 rings (SSSR count). The van der Waals surface area contributed by atoms with Gasteiger partial charge >= 0.3 is 0 Å². The SMILES string of the molecule is COc1cc([N+](=O)[O-])ccc1-c1ccc2c(c1)Nc1cc(N)ccc1NC2=O. The van der Waals surface area contributed by atoms with Gasteiger partial charge in [0.2, 0.25) is 0 Å². The van der Waals surface area contributed by atoms with Gasteiger partial charge in [-0.25, -0.2) is 0 Å². The van der Waals surface area contributed by atoms with E-state index in [0.29, 0.717) is 39.6 Å². The van der Waals surface area contributed by atoms with Gasteiger partial charge in [-0.1, -0.05) is 6.07 Å². The standard InChI is InChI=1S/C20H16N4O4/c1-28-19-10-13(24(26)27)4-6-14(19)11-2-5-15-17(8-11)22-18-9-12(21)3-7-16(18)23-20(15)25/h2-10,22H,21H2,1H3,(H,23,25). The fraction of sp³-hybridized carbons (Fsp3) is 0.0500. The first-order chi connectivity index (χ1) is 13.5. The molecule has 3 aromatic rings. The summed E-state index contributed by atoms with van der Waals surface area (Å²) in [7, 11) is 1.46. The maximum atomic E-state index is 12.6. The number of amides is 1. The molecule has 1 aliphatic heterocycles. The Morgan fingerprint density at radius 3 is 2.46 bits per heavy atom. The number of rotatable bonds is 3. The number of methoxy groups -OCH3 is 1. The van der Waals surface area contributed by atoms with Gasteiger partial charge in [0.05, 0.1) is 40.7 Å². The number of nitro benzene ring substituents is 1. The summed E-state index contributed by atoms with van der Waals surface area (Å²) in [5.74, 6) is 0.130. The number of carbonyl (C=O) groups is 1. The van der Waals surface area contributed by atoms with E-state index in [2.05, 4.69) is 10.6 Å². The van der Waals surface area contributed by atoms with Crippen LogP contribution in [-0.4, -0.2) is 17.9 Å². The average molecular weight is 376 g/mol. The van der Waals surface area contributed by atoms with Crippen LogP contribution in [0.1, 0.15) is 10.4 Å². The van der Waals surface area contributed by atoms with Gasteiger partial charge in [0.15, 0.2) is 0 Å². The van der Waals surface area contributed by atoms with Gasteiger partial charge in [-0.3, -0.25) is 14.9 Å². The molecule has 28 heavy (non-hydrogen) atoms. The fourth-order valence-electron chi connectivity index (χ4n) is 3.15. The second-order valence-electron chi connectivity index (χ2n) is 6.29. The van der Waals surface area contributed by atoms with Crippen molar-refractivity contribution in [2.75, 3.05) is 23.5 Å². The van der Waals surface area contributed by atoms with E-state index < -0.39 is 4.92 Å². The molecule has 0 saturated heterocycles. The van der Waals surface area contributed by atoms with Gasteiger partial charge in [-0.2, -0.15) is 0 Å². The molecule has 0 atom stereocenters. The highest BCUT2D eigenvalue weighted by molar-refractivity contribution is 6.12. The van der Waals surface area contributed by atoms with Crippen molar-refractivity contribution < 1.29 is 14.5 Å². The first-order valence-corrected chi connectivity index (χ1v) is 8.41. The number of nitrogen functional groups attached to an aromatic ring is 1. The van der Waals surface area contributed by atoms with E-state index in [4.69, 9.17) is 10.5 Å². The van der Waals surface area contributed by atoms with E-state index in [1.54, 1.807) is 42.5 Å². The van der Waals surface area contributed by atoms with Crippen molar-refractivity contribution in [3.05, 3.63) is 70.3 Å².